The van der Waals surface area contributed by atoms with Crippen LogP contribution in [0.5, 0.6) is 0 Å². The Balaban J connectivity index is 2.96. The average Bonchev–Trinajstić information content (AvgIpc) is 2.01. The third kappa shape index (κ3) is 12.3. The third-order valence-corrected chi connectivity index (χ3v) is 3.97. The molecule has 0 aromatic heterocycles. The van der Waals surface area contributed by atoms with Crippen molar-refractivity contribution in [1.82, 2.24) is 0 Å². The molecule has 0 amide bonds. The maximum atomic E-state index is 10.1. The van der Waals surface area contributed by atoms with Crippen molar-refractivity contribution in [2.24, 2.45) is 0 Å². The quantitative estimate of drug-likeness (QED) is 0.404. The molecule has 0 saturated heterocycles. The van der Waals surface area contributed by atoms with E-state index in [1.54, 1.807) is 0 Å². The fraction of sp³-hybridized carbons (Fsp3) is 0.875. The van der Waals surface area contributed by atoms with Crippen LogP contribution in [0, 0.1) is 0 Å². The number of carboxylic acid groups (broad SMARTS) is 1. The fourth-order valence-electron chi connectivity index (χ4n) is 1.11. The van der Waals surface area contributed by atoms with Crippen molar-refractivity contribution in [3.63, 3.8) is 0 Å². The van der Waals surface area contributed by atoms with Gasteiger partial charge in [0.2, 0.25) is 7.42 Å². The molecule has 1 N–H and O–H groups in total. The van der Waals surface area contributed by atoms with Gasteiger partial charge in [0.1, 0.15) is 0 Å². The summed E-state index contributed by atoms with van der Waals surface area (Å²) in [6.45, 7) is 0. The maximum absolute atomic E-state index is 10.1. The molecule has 0 aromatic carbocycles. The van der Waals surface area contributed by atoms with Crippen LogP contribution in [0.25, 0.3) is 0 Å². The van der Waals surface area contributed by atoms with E-state index in [1.807, 2.05) is 0 Å². The number of aliphatic carboxylic acids is 1. The van der Waals surface area contributed by atoms with Gasteiger partial charge in [0.25, 0.3) is 0 Å². The van der Waals surface area contributed by atoms with Gasteiger partial charge in [-0.15, -0.1) is 0 Å². The summed E-state index contributed by atoms with van der Waals surface area (Å²) in [7, 11) is -1.40. The lowest BCUT2D eigenvalue weighted by molar-refractivity contribution is -0.137. The van der Waals surface area contributed by atoms with E-state index in [2.05, 4.69) is 0 Å². The predicted molar refractivity (Wildman–Crippen MR) is 59.0 cm³/mol. The van der Waals surface area contributed by atoms with Gasteiger partial charge in [0.15, 0.2) is 0 Å². The van der Waals surface area contributed by atoms with Crippen LogP contribution >= 0.6 is 22.2 Å². The van der Waals surface area contributed by atoms with Gasteiger partial charge in [0, 0.05) is 6.42 Å². The largest absolute Gasteiger partial charge is 0.481 e. The molecule has 0 spiro atoms. The molecule has 0 saturated carbocycles. The van der Waals surface area contributed by atoms with Gasteiger partial charge in [0.05, 0.1) is 0 Å². The molecule has 0 aliphatic heterocycles. The molecule has 0 unspecified atom stereocenters. The summed E-state index contributed by atoms with van der Waals surface area (Å²) in [6, 6.07) is 0.974. The number of unbranched alkanes of at least 4 members (excludes halogenated alkanes) is 4. The SMILES string of the molecule is O=C(O)CCCCCCC[SiH](Cl)Cl. The van der Waals surface area contributed by atoms with Crippen LogP contribution in [-0.2, 0) is 4.79 Å². The highest BCUT2D eigenvalue weighted by atomic mass is 35.7. The lowest BCUT2D eigenvalue weighted by atomic mass is 10.1. The molecule has 2 nitrogen and oxygen atoms in total. The van der Waals surface area contributed by atoms with Gasteiger partial charge in [-0.2, -0.15) is 22.2 Å². The summed E-state index contributed by atoms with van der Waals surface area (Å²) in [5.74, 6) is -0.700. The van der Waals surface area contributed by atoms with E-state index in [0.29, 0.717) is 6.42 Å². The summed E-state index contributed by atoms with van der Waals surface area (Å²) in [4.78, 5) is 10.1. The Kier molecular flexibility index (Phi) is 9.03. The molecular formula is C8H16Cl2O2Si. The number of carboxylic acids is 1. The Bertz CT molecular complexity index is 142. The van der Waals surface area contributed by atoms with Crippen LogP contribution in [0.4, 0.5) is 0 Å². The predicted octanol–water partition coefficient (Wildman–Crippen LogP) is 3.11. The zero-order chi connectivity index (χ0) is 10.1. The topological polar surface area (TPSA) is 37.3 Å². The fourth-order valence-corrected chi connectivity index (χ4v) is 2.63. The standard InChI is InChI=1S/C8H16Cl2O2Si/c9-13(10)7-5-3-1-2-4-6-8(11)12/h13H,1-7H2,(H,11,12). The molecule has 0 bridgehead atoms. The zero-order valence-corrected chi connectivity index (χ0v) is 10.3. The molecule has 0 radical (unpaired) electrons. The molecule has 0 aliphatic rings. The summed E-state index contributed by atoms with van der Waals surface area (Å²) >= 11 is 11.4. The summed E-state index contributed by atoms with van der Waals surface area (Å²) < 4.78 is 0. The van der Waals surface area contributed by atoms with Crippen molar-refractivity contribution in [3.05, 3.63) is 0 Å². The Morgan fingerprint density at radius 1 is 1.08 bits per heavy atom. The van der Waals surface area contributed by atoms with E-state index in [4.69, 9.17) is 27.3 Å². The van der Waals surface area contributed by atoms with Gasteiger partial charge in [-0.3, -0.25) is 4.79 Å². The van der Waals surface area contributed by atoms with Crippen LogP contribution in [0.3, 0.4) is 0 Å². The number of rotatable bonds is 8. The molecule has 0 atom stereocenters. The third-order valence-electron chi connectivity index (χ3n) is 1.81. The normalized spacial score (nSPS) is 10.7. The zero-order valence-electron chi connectivity index (χ0n) is 7.64. The van der Waals surface area contributed by atoms with Crippen LogP contribution in [-0.4, -0.2) is 18.5 Å². The maximum Gasteiger partial charge on any atom is 0.303 e. The highest BCUT2D eigenvalue weighted by molar-refractivity contribution is 7.33. The molecule has 0 fully saturated rings. The minimum atomic E-state index is -1.40. The summed E-state index contributed by atoms with van der Waals surface area (Å²) in [5, 5.41) is 8.36. The first-order chi connectivity index (χ1) is 6.13. The molecule has 0 aliphatic carbocycles. The minimum Gasteiger partial charge on any atom is -0.481 e. The lowest BCUT2D eigenvalue weighted by Gasteiger charge is -1.99. The summed E-state index contributed by atoms with van der Waals surface area (Å²) in [5.41, 5.74) is 0. The number of hydrogen-bond acceptors (Lipinski definition) is 1. The van der Waals surface area contributed by atoms with Gasteiger partial charge >= 0.3 is 5.97 Å². The number of hydrogen-bond donors (Lipinski definition) is 1. The van der Waals surface area contributed by atoms with E-state index in [0.717, 1.165) is 38.1 Å². The van der Waals surface area contributed by atoms with Gasteiger partial charge in [-0.05, 0) is 12.5 Å². The molecule has 0 heterocycles. The molecular weight excluding hydrogens is 227 g/mol. The van der Waals surface area contributed by atoms with Crippen LogP contribution in [0.1, 0.15) is 38.5 Å². The smallest absolute Gasteiger partial charge is 0.303 e. The van der Waals surface area contributed by atoms with Gasteiger partial charge < -0.3 is 5.11 Å². The molecule has 78 valence electrons. The first-order valence-electron chi connectivity index (χ1n) is 4.63. The Labute approximate surface area is 90.2 Å². The minimum absolute atomic E-state index is 0.294. The van der Waals surface area contributed by atoms with Gasteiger partial charge in [-0.25, -0.2) is 0 Å². The average molecular weight is 243 g/mol. The van der Waals surface area contributed by atoms with Crippen molar-refractivity contribution >= 4 is 35.5 Å². The van der Waals surface area contributed by atoms with Crippen molar-refractivity contribution in [2.75, 3.05) is 0 Å². The second kappa shape index (κ2) is 8.85. The van der Waals surface area contributed by atoms with Crippen molar-refractivity contribution in [3.8, 4) is 0 Å². The van der Waals surface area contributed by atoms with E-state index in [9.17, 15) is 4.79 Å². The Hall–Kier alpha value is 0.267. The van der Waals surface area contributed by atoms with E-state index < -0.39 is 13.4 Å². The highest BCUT2D eigenvalue weighted by Gasteiger charge is 2.01. The monoisotopic (exact) mass is 242 g/mol. The number of halogens is 2. The Morgan fingerprint density at radius 2 is 1.62 bits per heavy atom. The molecule has 5 heteroatoms. The van der Waals surface area contributed by atoms with E-state index in [-0.39, 0.29) is 0 Å². The first kappa shape index (κ1) is 13.3. The lowest BCUT2D eigenvalue weighted by Crippen LogP contribution is -1.94. The van der Waals surface area contributed by atoms with Crippen molar-refractivity contribution in [1.29, 1.82) is 0 Å². The first-order valence-corrected chi connectivity index (χ1v) is 8.93. The molecule has 13 heavy (non-hydrogen) atoms. The Morgan fingerprint density at radius 3 is 2.15 bits per heavy atom. The van der Waals surface area contributed by atoms with Crippen molar-refractivity contribution < 1.29 is 9.90 Å². The second-order valence-corrected chi connectivity index (χ2v) is 8.28. The van der Waals surface area contributed by atoms with Crippen LogP contribution in [0.2, 0.25) is 6.04 Å². The highest BCUT2D eigenvalue weighted by Crippen LogP contribution is 2.12. The molecule has 0 aromatic rings. The van der Waals surface area contributed by atoms with E-state index in [1.165, 1.54) is 0 Å². The van der Waals surface area contributed by atoms with Crippen LogP contribution < -0.4 is 0 Å². The van der Waals surface area contributed by atoms with E-state index >= 15 is 0 Å². The van der Waals surface area contributed by atoms with Gasteiger partial charge in [-0.1, -0.05) is 25.7 Å². The van der Waals surface area contributed by atoms with Crippen molar-refractivity contribution in [2.45, 2.75) is 44.6 Å². The second-order valence-electron chi connectivity index (χ2n) is 3.09. The summed E-state index contributed by atoms with van der Waals surface area (Å²) in [6.07, 6.45) is 5.41. The van der Waals surface area contributed by atoms with Crippen LogP contribution in [0.15, 0.2) is 0 Å². The molecule has 0 rings (SSSR count). The number of carbonyl (C=O) groups is 1.